The summed E-state index contributed by atoms with van der Waals surface area (Å²) in [5.74, 6) is -1.64. The maximum atomic E-state index is 13.3. The van der Waals surface area contributed by atoms with Crippen LogP contribution in [0.2, 0.25) is 5.02 Å². The average Bonchev–Trinajstić information content (AvgIpc) is 3.34. The Labute approximate surface area is 165 Å². The van der Waals surface area contributed by atoms with Crippen molar-refractivity contribution < 1.29 is 13.6 Å². The van der Waals surface area contributed by atoms with Crippen LogP contribution in [0, 0.1) is 11.6 Å². The lowest BCUT2D eigenvalue weighted by Gasteiger charge is -2.16. The van der Waals surface area contributed by atoms with Gasteiger partial charge in [-0.25, -0.2) is 8.78 Å². The number of nitrogens with one attached hydrogen (secondary N) is 2. The van der Waals surface area contributed by atoms with Gasteiger partial charge in [-0.2, -0.15) is 5.10 Å². The third kappa shape index (κ3) is 3.84. The summed E-state index contributed by atoms with van der Waals surface area (Å²) in [5, 5.41) is 10.9. The lowest BCUT2D eigenvalue weighted by atomic mass is 10.1. The Balaban J connectivity index is 1.39. The van der Waals surface area contributed by atoms with E-state index in [2.05, 4.69) is 20.4 Å². The SMILES string of the molecule is O=C(N[C@@H]1CCN(c2cc(-c3ccc(Cl)cc3)[nH]n2)C1)c1ccc(F)c(F)c1. The molecule has 0 unspecified atom stereocenters. The van der Waals surface area contributed by atoms with Crippen LogP contribution in [0.4, 0.5) is 14.6 Å². The zero-order valence-electron chi connectivity index (χ0n) is 14.8. The molecule has 5 nitrogen and oxygen atoms in total. The summed E-state index contributed by atoms with van der Waals surface area (Å²) in [5.41, 5.74) is 1.95. The van der Waals surface area contributed by atoms with Gasteiger partial charge in [-0.1, -0.05) is 23.7 Å². The molecule has 0 bridgehead atoms. The third-order valence-corrected chi connectivity index (χ3v) is 5.00. The van der Waals surface area contributed by atoms with Crippen LogP contribution in [0.5, 0.6) is 0 Å². The van der Waals surface area contributed by atoms with Gasteiger partial charge in [-0.15, -0.1) is 0 Å². The van der Waals surface area contributed by atoms with E-state index in [0.717, 1.165) is 42.2 Å². The Kier molecular flexibility index (Phi) is 5.00. The van der Waals surface area contributed by atoms with Crippen molar-refractivity contribution in [2.75, 3.05) is 18.0 Å². The highest BCUT2D eigenvalue weighted by Crippen LogP contribution is 2.25. The van der Waals surface area contributed by atoms with Gasteiger partial charge in [0, 0.05) is 35.8 Å². The molecule has 1 saturated heterocycles. The number of aromatic nitrogens is 2. The van der Waals surface area contributed by atoms with E-state index in [1.54, 1.807) is 0 Å². The molecule has 2 aromatic carbocycles. The summed E-state index contributed by atoms with van der Waals surface area (Å²) in [6.45, 7) is 1.31. The van der Waals surface area contributed by atoms with Crippen molar-refractivity contribution in [3.8, 4) is 11.3 Å². The number of carbonyl (C=O) groups is 1. The van der Waals surface area contributed by atoms with Crippen LogP contribution in [0.25, 0.3) is 11.3 Å². The van der Waals surface area contributed by atoms with Crippen molar-refractivity contribution in [1.82, 2.24) is 15.5 Å². The predicted octanol–water partition coefficient (Wildman–Crippen LogP) is 4.02. The predicted molar refractivity (Wildman–Crippen MR) is 103 cm³/mol. The van der Waals surface area contributed by atoms with E-state index in [1.807, 2.05) is 30.3 Å². The molecule has 1 atom stereocenters. The molecule has 3 aromatic rings. The topological polar surface area (TPSA) is 61.0 Å². The van der Waals surface area contributed by atoms with Crippen molar-refractivity contribution in [2.24, 2.45) is 0 Å². The van der Waals surface area contributed by atoms with Crippen molar-refractivity contribution in [1.29, 1.82) is 0 Å². The van der Waals surface area contributed by atoms with Crippen molar-refractivity contribution in [2.45, 2.75) is 12.5 Å². The fourth-order valence-electron chi connectivity index (χ4n) is 3.24. The summed E-state index contributed by atoms with van der Waals surface area (Å²) in [4.78, 5) is 14.3. The number of nitrogens with zero attached hydrogens (tertiary/aromatic N) is 2. The lowest BCUT2D eigenvalue weighted by Crippen LogP contribution is -2.37. The van der Waals surface area contributed by atoms with E-state index < -0.39 is 17.5 Å². The molecule has 28 heavy (non-hydrogen) atoms. The first-order valence-corrected chi connectivity index (χ1v) is 9.19. The molecule has 0 saturated carbocycles. The molecule has 0 aliphatic carbocycles. The summed E-state index contributed by atoms with van der Waals surface area (Å²) in [6, 6.07) is 12.4. The minimum Gasteiger partial charge on any atom is -0.353 e. The zero-order chi connectivity index (χ0) is 19.7. The van der Waals surface area contributed by atoms with E-state index in [-0.39, 0.29) is 11.6 Å². The second-order valence-corrected chi connectivity index (χ2v) is 7.12. The van der Waals surface area contributed by atoms with Gasteiger partial charge in [0.25, 0.3) is 5.91 Å². The van der Waals surface area contributed by atoms with E-state index >= 15 is 0 Å². The van der Waals surface area contributed by atoms with Gasteiger partial charge in [0.1, 0.15) is 0 Å². The van der Waals surface area contributed by atoms with Crippen molar-refractivity contribution in [3.05, 3.63) is 70.8 Å². The quantitative estimate of drug-likeness (QED) is 0.693. The van der Waals surface area contributed by atoms with E-state index in [9.17, 15) is 13.6 Å². The Morgan fingerprint density at radius 2 is 1.93 bits per heavy atom. The highest BCUT2D eigenvalue weighted by atomic mass is 35.5. The first kappa shape index (κ1) is 18.4. The molecule has 2 N–H and O–H groups in total. The van der Waals surface area contributed by atoms with Crippen LogP contribution in [-0.4, -0.2) is 35.2 Å². The van der Waals surface area contributed by atoms with Gasteiger partial charge in [0.2, 0.25) is 0 Å². The van der Waals surface area contributed by atoms with Gasteiger partial charge in [0.15, 0.2) is 17.5 Å². The number of rotatable bonds is 4. The lowest BCUT2D eigenvalue weighted by molar-refractivity contribution is 0.0940. The Bertz CT molecular complexity index is 1010. The second kappa shape index (κ2) is 7.59. The van der Waals surface area contributed by atoms with Crippen LogP contribution < -0.4 is 10.2 Å². The molecule has 1 aromatic heterocycles. The number of benzene rings is 2. The molecule has 1 aliphatic rings. The molecule has 1 amide bonds. The standard InChI is InChI=1S/C20H17ClF2N4O/c21-14-4-1-12(2-5-14)18-10-19(26-25-18)27-8-7-15(11-27)24-20(28)13-3-6-16(22)17(23)9-13/h1-6,9-10,15H,7-8,11H2,(H,24,28)(H,25,26)/t15-/m1/s1. The maximum absolute atomic E-state index is 13.3. The highest BCUT2D eigenvalue weighted by Gasteiger charge is 2.26. The fraction of sp³-hybridized carbons (Fsp3) is 0.200. The van der Waals surface area contributed by atoms with Crippen molar-refractivity contribution in [3.63, 3.8) is 0 Å². The number of aromatic amines is 1. The van der Waals surface area contributed by atoms with Gasteiger partial charge in [0.05, 0.1) is 5.69 Å². The number of halogens is 3. The van der Waals surface area contributed by atoms with Gasteiger partial charge >= 0.3 is 0 Å². The number of hydrogen-bond donors (Lipinski definition) is 2. The van der Waals surface area contributed by atoms with E-state index in [1.165, 1.54) is 6.07 Å². The normalized spacial score (nSPS) is 16.4. The highest BCUT2D eigenvalue weighted by molar-refractivity contribution is 6.30. The largest absolute Gasteiger partial charge is 0.353 e. The number of carbonyl (C=O) groups excluding carboxylic acids is 1. The molecule has 8 heteroatoms. The average molecular weight is 403 g/mol. The molecule has 1 fully saturated rings. The Morgan fingerprint density at radius 1 is 1.14 bits per heavy atom. The third-order valence-electron chi connectivity index (χ3n) is 4.75. The Hall–Kier alpha value is -2.93. The number of amides is 1. The van der Waals surface area contributed by atoms with Crippen LogP contribution in [0.15, 0.2) is 48.5 Å². The van der Waals surface area contributed by atoms with Gasteiger partial charge in [-0.05, 0) is 42.3 Å². The fourth-order valence-corrected chi connectivity index (χ4v) is 3.37. The first-order valence-electron chi connectivity index (χ1n) is 8.82. The van der Waals surface area contributed by atoms with Crippen LogP contribution >= 0.6 is 11.6 Å². The minimum absolute atomic E-state index is 0.0992. The number of H-pyrrole nitrogens is 1. The summed E-state index contributed by atoms with van der Waals surface area (Å²) in [6.07, 6.45) is 0.735. The molecule has 0 spiro atoms. The second-order valence-electron chi connectivity index (χ2n) is 6.68. The molecule has 4 rings (SSSR count). The Morgan fingerprint density at radius 3 is 2.68 bits per heavy atom. The van der Waals surface area contributed by atoms with Crippen LogP contribution in [0.1, 0.15) is 16.8 Å². The van der Waals surface area contributed by atoms with E-state index in [4.69, 9.17) is 11.6 Å². The molecule has 0 radical (unpaired) electrons. The number of anilines is 1. The molecular formula is C20H17ClF2N4O. The summed E-state index contributed by atoms with van der Waals surface area (Å²) < 4.78 is 26.3. The van der Waals surface area contributed by atoms with Gasteiger partial charge < -0.3 is 10.2 Å². The van der Waals surface area contributed by atoms with Gasteiger partial charge in [-0.3, -0.25) is 9.89 Å². The molecular weight excluding hydrogens is 386 g/mol. The molecule has 144 valence electrons. The zero-order valence-corrected chi connectivity index (χ0v) is 15.5. The minimum atomic E-state index is -1.04. The smallest absolute Gasteiger partial charge is 0.251 e. The van der Waals surface area contributed by atoms with E-state index in [0.29, 0.717) is 11.6 Å². The molecule has 1 aliphatic heterocycles. The maximum Gasteiger partial charge on any atom is 0.251 e. The molecule has 2 heterocycles. The first-order chi connectivity index (χ1) is 13.5. The summed E-state index contributed by atoms with van der Waals surface area (Å²) >= 11 is 5.92. The summed E-state index contributed by atoms with van der Waals surface area (Å²) in [7, 11) is 0. The van der Waals surface area contributed by atoms with Crippen LogP contribution in [0.3, 0.4) is 0 Å². The monoisotopic (exact) mass is 402 g/mol. The van der Waals surface area contributed by atoms with Crippen molar-refractivity contribution >= 4 is 23.3 Å². The number of hydrogen-bond acceptors (Lipinski definition) is 3. The van der Waals surface area contributed by atoms with Crippen LogP contribution in [-0.2, 0) is 0 Å².